The monoisotopic (exact) mass is 552 g/mol. The molecule has 0 saturated carbocycles. The molecule has 4 rings (SSSR count). The van der Waals surface area contributed by atoms with Gasteiger partial charge in [-0.3, -0.25) is 24.2 Å². The summed E-state index contributed by atoms with van der Waals surface area (Å²) in [5, 5.41) is 8.76. The van der Waals surface area contributed by atoms with E-state index in [1.54, 1.807) is 48.7 Å². The number of amides is 3. The van der Waals surface area contributed by atoms with Gasteiger partial charge in [0.15, 0.2) is 5.78 Å². The Morgan fingerprint density at radius 2 is 1.44 bits per heavy atom. The minimum atomic E-state index is -0.847. The molecule has 0 spiro atoms. The Balaban J connectivity index is 1.27. The van der Waals surface area contributed by atoms with Crippen molar-refractivity contribution in [2.45, 2.75) is 26.3 Å². The van der Waals surface area contributed by atoms with Gasteiger partial charge in [-0.2, -0.15) is 0 Å². The van der Waals surface area contributed by atoms with E-state index in [1.165, 1.54) is 0 Å². The zero-order valence-corrected chi connectivity index (χ0v) is 22.9. The number of carbonyl (C=O) groups excluding carboxylic acids is 4. The maximum atomic E-state index is 13.1. The van der Waals surface area contributed by atoms with Crippen molar-refractivity contribution in [1.82, 2.24) is 20.9 Å². The second kappa shape index (κ2) is 13.8. The molecule has 0 bridgehead atoms. The summed E-state index contributed by atoms with van der Waals surface area (Å²) in [4.78, 5) is 55.2. The number of nitrogens with zero attached hydrogens (tertiary/aromatic N) is 1. The first kappa shape index (κ1) is 28.9. The summed E-state index contributed by atoms with van der Waals surface area (Å²) in [5.74, 6) is -0.350. The summed E-state index contributed by atoms with van der Waals surface area (Å²) in [5.41, 5.74) is 1.27. The number of ketones is 1. The minimum Gasteiger partial charge on any atom is -0.457 e. The number of pyridine rings is 1. The lowest BCUT2D eigenvalue weighted by Crippen LogP contribution is -2.49. The van der Waals surface area contributed by atoms with E-state index in [0.29, 0.717) is 34.6 Å². The zero-order chi connectivity index (χ0) is 29.2. The van der Waals surface area contributed by atoms with Gasteiger partial charge < -0.3 is 20.7 Å². The molecule has 210 valence electrons. The van der Waals surface area contributed by atoms with Crippen LogP contribution in [0.4, 0.5) is 0 Å². The Kier molecular flexibility index (Phi) is 9.77. The van der Waals surface area contributed by atoms with Crippen LogP contribution in [0.3, 0.4) is 0 Å². The van der Waals surface area contributed by atoms with Crippen LogP contribution < -0.4 is 20.7 Å². The molecule has 0 aliphatic carbocycles. The molecular weight excluding hydrogens is 520 g/mol. The fourth-order valence-corrected chi connectivity index (χ4v) is 4.18. The highest BCUT2D eigenvalue weighted by atomic mass is 16.5. The Labute approximate surface area is 238 Å². The molecule has 0 radical (unpaired) electrons. The van der Waals surface area contributed by atoms with E-state index in [0.717, 1.165) is 5.39 Å². The van der Waals surface area contributed by atoms with Crippen molar-refractivity contribution in [1.29, 1.82) is 0 Å². The number of nitrogens with one attached hydrogen (secondary N) is 3. The second-order valence-corrected chi connectivity index (χ2v) is 9.91. The average molecular weight is 553 g/mol. The summed E-state index contributed by atoms with van der Waals surface area (Å²) in [6.07, 6.45) is 1.99. The number of Topliss-reactive ketones (excluding diaryl/α,β-unsaturated/α-hetero) is 1. The van der Waals surface area contributed by atoms with Crippen molar-refractivity contribution in [3.63, 3.8) is 0 Å². The highest BCUT2D eigenvalue weighted by Crippen LogP contribution is 2.21. The summed E-state index contributed by atoms with van der Waals surface area (Å²) in [6.45, 7) is 3.33. The Morgan fingerprint density at radius 3 is 2.17 bits per heavy atom. The van der Waals surface area contributed by atoms with Crippen LogP contribution in [0.5, 0.6) is 11.5 Å². The number of carbonyl (C=O) groups is 4. The van der Waals surface area contributed by atoms with E-state index in [4.69, 9.17) is 4.74 Å². The van der Waals surface area contributed by atoms with E-state index >= 15 is 0 Å². The first-order valence-corrected chi connectivity index (χ1v) is 13.4. The lowest BCUT2D eigenvalue weighted by molar-refractivity contribution is -0.126. The lowest BCUT2D eigenvalue weighted by Gasteiger charge is -2.20. The van der Waals surface area contributed by atoms with Gasteiger partial charge >= 0.3 is 0 Å². The maximum Gasteiger partial charge on any atom is 0.254 e. The zero-order valence-electron chi connectivity index (χ0n) is 22.9. The van der Waals surface area contributed by atoms with Crippen molar-refractivity contribution >= 4 is 34.4 Å². The fourth-order valence-electron chi connectivity index (χ4n) is 4.18. The number of benzene rings is 3. The third kappa shape index (κ3) is 8.22. The van der Waals surface area contributed by atoms with Gasteiger partial charge in [-0.15, -0.1) is 0 Å². The van der Waals surface area contributed by atoms with Crippen LogP contribution in [0.25, 0.3) is 10.9 Å². The smallest absolute Gasteiger partial charge is 0.254 e. The van der Waals surface area contributed by atoms with E-state index in [2.05, 4.69) is 20.9 Å². The number of hydrogen-bond acceptors (Lipinski definition) is 6. The number of hydrogen-bond donors (Lipinski definition) is 3. The molecule has 0 aliphatic heterocycles. The van der Waals surface area contributed by atoms with Crippen LogP contribution in [0.1, 0.15) is 41.0 Å². The van der Waals surface area contributed by atoms with Gasteiger partial charge in [0.25, 0.3) is 11.8 Å². The number of rotatable bonds is 12. The fraction of sp³-hybridized carbons (Fsp3) is 0.219. The summed E-state index contributed by atoms with van der Waals surface area (Å²) in [6, 6.07) is 23.9. The number of aromatic nitrogens is 1. The van der Waals surface area contributed by atoms with Gasteiger partial charge in [-0.25, -0.2) is 0 Å². The Hall–Kier alpha value is -5.05. The van der Waals surface area contributed by atoms with Crippen LogP contribution in [0.15, 0.2) is 91.1 Å². The summed E-state index contributed by atoms with van der Waals surface area (Å²) in [7, 11) is 0. The van der Waals surface area contributed by atoms with Gasteiger partial charge in [-0.1, -0.05) is 50.2 Å². The van der Waals surface area contributed by atoms with Crippen LogP contribution >= 0.6 is 0 Å². The number of para-hydroxylation sites is 2. The van der Waals surface area contributed by atoms with E-state index in [-0.39, 0.29) is 24.8 Å². The molecule has 3 amide bonds. The van der Waals surface area contributed by atoms with Gasteiger partial charge in [0.1, 0.15) is 17.5 Å². The third-order valence-electron chi connectivity index (χ3n) is 6.21. The predicted molar refractivity (Wildman–Crippen MR) is 156 cm³/mol. The molecule has 1 heterocycles. The molecule has 3 aromatic carbocycles. The topological polar surface area (TPSA) is 126 Å². The molecule has 0 fully saturated rings. The molecule has 1 aromatic heterocycles. The summed E-state index contributed by atoms with van der Waals surface area (Å²) < 4.78 is 5.72. The predicted octanol–water partition coefficient (Wildman–Crippen LogP) is 4.29. The maximum absolute atomic E-state index is 13.1. The van der Waals surface area contributed by atoms with Gasteiger partial charge in [-0.05, 0) is 60.9 Å². The highest BCUT2D eigenvalue weighted by Gasteiger charge is 2.24. The number of ether oxygens (including phenoxy) is 1. The molecule has 0 aliphatic rings. The van der Waals surface area contributed by atoms with E-state index in [1.807, 2.05) is 56.3 Å². The lowest BCUT2D eigenvalue weighted by atomic mass is 10.0. The first-order valence-electron chi connectivity index (χ1n) is 13.4. The SMILES string of the molecule is CC(C)C[C@H](NC(=O)c1cccc2cccnc12)C(=O)NCC(=O)CNC(=O)c1ccc(Oc2ccccc2)cc1. The molecule has 1 atom stereocenters. The van der Waals surface area contributed by atoms with Crippen molar-refractivity contribution in [3.05, 3.63) is 102 Å². The van der Waals surface area contributed by atoms with Crippen molar-refractivity contribution in [2.75, 3.05) is 13.1 Å². The van der Waals surface area contributed by atoms with Crippen LogP contribution in [0.2, 0.25) is 0 Å². The molecule has 9 nitrogen and oxygen atoms in total. The van der Waals surface area contributed by atoms with Crippen molar-refractivity contribution in [2.24, 2.45) is 5.92 Å². The van der Waals surface area contributed by atoms with Gasteiger partial charge in [0.2, 0.25) is 5.91 Å². The standard InChI is InChI=1S/C32H32N4O5/c1-21(2)18-28(36-31(39)27-12-6-8-22-9-7-17-33-29(22)27)32(40)35-20-24(37)19-34-30(38)23-13-15-26(16-14-23)41-25-10-4-3-5-11-25/h3-17,21,28H,18-20H2,1-2H3,(H,34,38)(H,35,40)(H,36,39)/t28-/m0/s1. The van der Waals surface area contributed by atoms with E-state index < -0.39 is 23.8 Å². The molecule has 9 heteroatoms. The molecule has 3 N–H and O–H groups in total. The highest BCUT2D eigenvalue weighted by molar-refractivity contribution is 6.07. The molecular formula is C32H32N4O5. The van der Waals surface area contributed by atoms with Gasteiger partial charge in [0, 0.05) is 17.1 Å². The van der Waals surface area contributed by atoms with Crippen molar-refractivity contribution < 1.29 is 23.9 Å². The van der Waals surface area contributed by atoms with Gasteiger partial charge in [0.05, 0.1) is 24.2 Å². The normalized spacial score (nSPS) is 11.5. The Morgan fingerprint density at radius 1 is 0.756 bits per heavy atom. The van der Waals surface area contributed by atoms with Crippen molar-refractivity contribution in [3.8, 4) is 11.5 Å². The largest absolute Gasteiger partial charge is 0.457 e. The molecule has 4 aromatic rings. The van der Waals surface area contributed by atoms with E-state index in [9.17, 15) is 19.2 Å². The first-order chi connectivity index (χ1) is 19.8. The third-order valence-corrected chi connectivity index (χ3v) is 6.21. The minimum absolute atomic E-state index is 0.108. The van der Waals surface area contributed by atoms with Crippen LogP contribution in [-0.4, -0.2) is 47.6 Å². The number of fused-ring (bicyclic) bond motifs is 1. The Bertz CT molecular complexity index is 1520. The molecule has 0 saturated heterocycles. The van der Waals surface area contributed by atoms with Crippen LogP contribution in [0, 0.1) is 5.92 Å². The molecule has 0 unspecified atom stereocenters. The van der Waals surface area contributed by atoms with Crippen LogP contribution in [-0.2, 0) is 9.59 Å². The second-order valence-electron chi connectivity index (χ2n) is 9.91. The quantitative estimate of drug-likeness (QED) is 0.241. The molecule has 41 heavy (non-hydrogen) atoms. The average Bonchev–Trinajstić information content (AvgIpc) is 2.98. The summed E-state index contributed by atoms with van der Waals surface area (Å²) >= 11 is 0.